The van der Waals surface area contributed by atoms with E-state index in [9.17, 15) is 4.79 Å². The SMILES string of the molecule is CCCCC(=O)ON=Cc1c(Cl)n(C)c2ccccc12. The van der Waals surface area contributed by atoms with Crippen molar-refractivity contribution >= 4 is 34.7 Å². The van der Waals surface area contributed by atoms with Gasteiger partial charge in [-0.25, -0.2) is 4.79 Å². The molecule has 0 saturated heterocycles. The highest BCUT2D eigenvalue weighted by Gasteiger charge is 2.11. The van der Waals surface area contributed by atoms with Crippen LogP contribution in [0.4, 0.5) is 0 Å². The highest BCUT2D eigenvalue weighted by molar-refractivity contribution is 6.34. The minimum atomic E-state index is -0.320. The zero-order valence-electron chi connectivity index (χ0n) is 11.6. The molecule has 0 amide bonds. The first-order chi connectivity index (χ1) is 9.65. The molecule has 0 saturated carbocycles. The van der Waals surface area contributed by atoms with Crippen molar-refractivity contribution in [1.29, 1.82) is 0 Å². The maximum absolute atomic E-state index is 11.4. The van der Waals surface area contributed by atoms with E-state index in [1.165, 1.54) is 6.21 Å². The van der Waals surface area contributed by atoms with E-state index < -0.39 is 0 Å². The van der Waals surface area contributed by atoms with Gasteiger partial charge in [-0.05, 0) is 12.5 Å². The number of para-hydroxylation sites is 1. The lowest BCUT2D eigenvalue weighted by molar-refractivity contribution is -0.143. The standard InChI is InChI=1S/C15H17ClN2O2/c1-3-4-9-14(19)20-17-10-12-11-7-5-6-8-13(11)18(2)15(12)16/h5-8,10H,3-4,9H2,1-2H3. The third-order valence-electron chi connectivity index (χ3n) is 3.14. The number of benzene rings is 1. The molecule has 0 aliphatic carbocycles. The normalized spacial score (nSPS) is 11.3. The van der Waals surface area contributed by atoms with Gasteiger partial charge in [-0.15, -0.1) is 0 Å². The van der Waals surface area contributed by atoms with Gasteiger partial charge in [0.1, 0.15) is 5.15 Å². The van der Waals surface area contributed by atoms with Crippen molar-refractivity contribution in [1.82, 2.24) is 4.57 Å². The van der Waals surface area contributed by atoms with Crippen LogP contribution in [-0.4, -0.2) is 16.8 Å². The average Bonchev–Trinajstić information content (AvgIpc) is 2.70. The Morgan fingerprint density at radius 2 is 2.20 bits per heavy atom. The fourth-order valence-corrected chi connectivity index (χ4v) is 2.26. The van der Waals surface area contributed by atoms with E-state index in [0.717, 1.165) is 29.3 Å². The Labute approximate surface area is 123 Å². The Hall–Kier alpha value is -1.81. The van der Waals surface area contributed by atoms with E-state index in [0.29, 0.717) is 11.6 Å². The van der Waals surface area contributed by atoms with E-state index in [-0.39, 0.29) is 5.97 Å². The van der Waals surface area contributed by atoms with E-state index in [1.54, 1.807) is 0 Å². The molecule has 0 N–H and O–H groups in total. The number of carbonyl (C=O) groups is 1. The van der Waals surface area contributed by atoms with Gasteiger partial charge in [0.05, 0.1) is 6.21 Å². The molecule has 1 aromatic heterocycles. The van der Waals surface area contributed by atoms with Crippen LogP contribution >= 0.6 is 11.6 Å². The number of hydrogen-bond acceptors (Lipinski definition) is 3. The van der Waals surface area contributed by atoms with Crippen molar-refractivity contribution in [2.24, 2.45) is 12.2 Å². The Balaban J connectivity index is 2.17. The Morgan fingerprint density at radius 1 is 1.45 bits per heavy atom. The number of nitrogens with zero attached hydrogens (tertiary/aromatic N) is 2. The van der Waals surface area contributed by atoms with Gasteiger partial charge in [-0.1, -0.05) is 48.3 Å². The van der Waals surface area contributed by atoms with Crippen LogP contribution in [0.15, 0.2) is 29.4 Å². The molecule has 106 valence electrons. The first-order valence-corrected chi connectivity index (χ1v) is 6.99. The van der Waals surface area contributed by atoms with E-state index in [1.807, 2.05) is 42.8 Å². The summed E-state index contributed by atoms with van der Waals surface area (Å²) in [6.45, 7) is 2.02. The van der Waals surface area contributed by atoms with Crippen molar-refractivity contribution in [3.05, 3.63) is 35.0 Å². The molecule has 0 bridgehead atoms. The lowest BCUT2D eigenvalue weighted by atomic mass is 10.2. The molecule has 0 atom stereocenters. The van der Waals surface area contributed by atoms with Gasteiger partial charge >= 0.3 is 5.97 Å². The number of carbonyl (C=O) groups excluding carboxylic acids is 1. The summed E-state index contributed by atoms with van der Waals surface area (Å²) in [6.07, 6.45) is 3.64. The molecule has 0 aliphatic rings. The smallest absolute Gasteiger partial charge is 0.334 e. The number of aromatic nitrogens is 1. The monoisotopic (exact) mass is 292 g/mol. The number of oxime groups is 1. The number of aryl methyl sites for hydroxylation is 1. The topological polar surface area (TPSA) is 43.6 Å². The molecule has 0 unspecified atom stereocenters. The molecule has 0 radical (unpaired) electrons. The lowest BCUT2D eigenvalue weighted by Gasteiger charge is -1.96. The molecule has 1 heterocycles. The molecule has 0 spiro atoms. The second-order valence-electron chi connectivity index (χ2n) is 4.58. The van der Waals surface area contributed by atoms with Crippen molar-refractivity contribution in [2.75, 3.05) is 0 Å². The van der Waals surface area contributed by atoms with Crippen molar-refractivity contribution < 1.29 is 9.63 Å². The van der Waals surface area contributed by atoms with Gasteiger partial charge in [0, 0.05) is 29.9 Å². The van der Waals surface area contributed by atoms with E-state index >= 15 is 0 Å². The van der Waals surface area contributed by atoms with Crippen molar-refractivity contribution in [3.8, 4) is 0 Å². The number of rotatable bonds is 5. The van der Waals surface area contributed by atoms with Crippen LogP contribution in [0.5, 0.6) is 0 Å². The molecule has 1 aromatic carbocycles. The van der Waals surface area contributed by atoms with Crippen LogP contribution in [0, 0.1) is 0 Å². The van der Waals surface area contributed by atoms with Gasteiger partial charge in [-0.3, -0.25) is 0 Å². The third kappa shape index (κ3) is 3.02. The zero-order valence-corrected chi connectivity index (χ0v) is 12.4. The lowest BCUT2D eigenvalue weighted by Crippen LogP contribution is -1.99. The number of halogens is 1. The highest BCUT2D eigenvalue weighted by atomic mass is 35.5. The fourth-order valence-electron chi connectivity index (χ4n) is 2.02. The largest absolute Gasteiger partial charge is 0.335 e. The second-order valence-corrected chi connectivity index (χ2v) is 4.94. The van der Waals surface area contributed by atoms with Gasteiger partial charge in [0.25, 0.3) is 0 Å². The summed E-state index contributed by atoms with van der Waals surface area (Å²) in [6, 6.07) is 7.82. The third-order valence-corrected chi connectivity index (χ3v) is 3.60. The molecule has 0 fully saturated rings. The van der Waals surface area contributed by atoms with Crippen LogP contribution in [0.25, 0.3) is 10.9 Å². The Kier molecular flexibility index (Phi) is 4.79. The first kappa shape index (κ1) is 14.6. The summed E-state index contributed by atoms with van der Waals surface area (Å²) < 4.78 is 1.87. The van der Waals surface area contributed by atoms with E-state index in [4.69, 9.17) is 16.4 Å². The van der Waals surface area contributed by atoms with Gasteiger partial charge < -0.3 is 9.40 Å². The predicted molar refractivity (Wildman–Crippen MR) is 81.1 cm³/mol. The summed E-state index contributed by atoms with van der Waals surface area (Å²) in [5.74, 6) is -0.320. The number of unbranched alkanes of at least 4 members (excludes halogenated alkanes) is 1. The summed E-state index contributed by atoms with van der Waals surface area (Å²) in [4.78, 5) is 16.2. The van der Waals surface area contributed by atoms with E-state index in [2.05, 4.69) is 5.16 Å². The minimum Gasteiger partial charge on any atom is -0.334 e. The quantitative estimate of drug-likeness (QED) is 0.476. The van der Waals surface area contributed by atoms with Crippen molar-refractivity contribution in [3.63, 3.8) is 0 Å². The maximum Gasteiger partial charge on any atom is 0.335 e. The fraction of sp³-hybridized carbons (Fsp3) is 0.333. The molecule has 2 rings (SSSR count). The van der Waals surface area contributed by atoms with Gasteiger partial charge in [0.15, 0.2) is 0 Å². The highest BCUT2D eigenvalue weighted by Crippen LogP contribution is 2.27. The minimum absolute atomic E-state index is 0.320. The number of fused-ring (bicyclic) bond motifs is 1. The zero-order chi connectivity index (χ0) is 14.5. The van der Waals surface area contributed by atoms with Crippen LogP contribution in [0.2, 0.25) is 5.15 Å². The average molecular weight is 293 g/mol. The Bertz CT molecular complexity index is 647. The van der Waals surface area contributed by atoms with Crippen LogP contribution in [0.1, 0.15) is 31.7 Å². The Morgan fingerprint density at radius 3 is 2.95 bits per heavy atom. The van der Waals surface area contributed by atoms with Crippen LogP contribution < -0.4 is 0 Å². The molecule has 20 heavy (non-hydrogen) atoms. The van der Waals surface area contributed by atoms with Crippen LogP contribution in [0.3, 0.4) is 0 Å². The van der Waals surface area contributed by atoms with Gasteiger partial charge in [-0.2, -0.15) is 0 Å². The molecule has 4 nitrogen and oxygen atoms in total. The predicted octanol–water partition coefficient (Wildman–Crippen LogP) is 3.90. The molecule has 2 aromatic rings. The summed E-state index contributed by atoms with van der Waals surface area (Å²) in [5.41, 5.74) is 1.77. The summed E-state index contributed by atoms with van der Waals surface area (Å²) >= 11 is 6.27. The van der Waals surface area contributed by atoms with Crippen LogP contribution in [-0.2, 0) is 16.7 Å². The second kappa shape index (κ2) is 6.57. The maximum atomic E-state index is 11.4. The number of hydrogen-bond donors (Lipinski definition) is 0. The van der Waals surface area contributed by atoms with Crippen molar-refractivity contribution in [2.45, 2.75) is 26.2 Å². The first-order valence-electron chi connectivity index (χ1n) is 6.61. The molecule has 5 heteroatoms. The summed E-state index contributed by atoms with van der Waals surface area (Å²) in [5, 5.41) is 5.30. The summed E-state index contributed by atoms with van der Waals surface area (Å²) in [7, 11) is 1.88. The molecule has 0 aliphatic heterocycles. The molecular weight excluding hydrogens is 276 g/mol. The van der Waals surface area contributed by atoms with Gasteiger partial charge in [0.2, 0.25) is 0 Å². The molecular formula is C15H17ClN2O2.